The van der Waals surface area contributed by atoms with Crippen molar-refractivity contribution >= 4 is 12.4 Å². The molecule has 1 rings (SSSR count). The maximum absolute atomic E-state index is 5.44. The van der Waals surface area contributed by atoms with E-state index >= 15 is 0 Å². The molecule has 0 saturated heterocycles. The van der Waals surface area contributed by atoms with Crippen LogP contribution in [0.15, 0.2) is 12.3 Å². The van der Waals surface area contributed by atoms with E-state index in [1.165, 1.54) is 0 Å². The maximum atomic E-state index is 5.44. The van der Waals surface area contributed by atoms with Gasteiger partial charge < -0.3 is 10.1 Å². The normalized spacial score (nSPS) is 10.5. The number of aromatic nitrogens is 2. The molecule has 1 heterocycles. The van der Waals surface area contributed by atoms with Crippen molar-refractivity contribution in [3.63, 3.8) is 0 Å². The number of nitrogens with zero attached hydrogens (tertiary/aromatic N) is 2. The van der Waals surface area contributed by atoms with Gasteiger partial charge in [-0.2, -0.15) is 5.10 Å². The lowest BCUT2D eigenvalue weighted by Crippen LogP contribution is -2.17. The van der Waals surface area contributed by atoms with Crippen LogP contribution in [-0.4, -0.2) is 29.0 Å². The predicted molar refractivity (Wildman–Crippen MR) is 67.9 cm³/mol. The van der Waals surface area contributed by atoms with Crippen LogP contribution in [0.4, 0.5) is 0 Å². The largest absolute Gasteiger partial charge is 0.379 e. The Labute approximate surface area is 104 Å². The van der Waals surface area contributed by atoms with Gasteiger partial charge in [-0.25, -0.2) is 0 Å². The highest BCUT2D eigenvalue weighted by Gasteiger charge is 1.96. The van der Waals surface area contributed by atoms with Crippen molar-refractivity contribution in [1.29, 1.82) is 0 Å². The Bertz CT molecular complexity index is 276. The molecule has 0 aliphatic heterocycles. The van der Waals surface area contributed by atoms with Crippen LogP contribution in [0.25, 0.3) is 0 Å². The minimum atomic E-state index is 0. The van der Waals surface area contributed by atoms with E-state index in [0.717, 1.165) is 31.8 Å². The highest BCUT2D eigenvalue weighted by molar-refractivity contribution is 5.85. The molecule has 1 N–H and O–H groups in total. The molecular formula is C11H22ClN3O. The first-order valence-corrected chi connectivity index (χ1v) is 5.49. The number of hydrogen-bond donors (Lipinski definition) is 1. The van der Waals surface area contributed by atoms with E-state index in [2.05, 4.69) is 24.3 Å². The van der Waals surface area contributed by atoms with Crippen molar-refractivity contribution in [3.05, 3.63) is 18.0 Å². The Kier molecular flexibility index (Phi) is 8.25. The van der Waals surface area contributed by atoms with Gasteiger partial charge in [-0.15, -0.1) is 12.4 Å². The fourth-order valence-electron chi connectivity index (χ4n) is 1.29. The van der Waals surface area contributed by atoms with Gasteiger partial charge >= 0.3 is 0 Å². The molecule has 4 nitrogen and oxygen atoms in total. The molecule has 0 aromatic carbocycles. The molecule has 0 bridgehead atoms. The Morgan fingerprint density at radius 1 is 1.50 bits per heavy atom. The smallest absolute Gasteiger partial charge is 0.0762 e. The maximum Gasteiger partial charge on any atom is 0.0762 e. The van der Waals surface area contributed by atoms with Crippen molar-refractivity contribution in [1.82, 2.24) is 15.1 Å². The average Bonchev–Trinajstić information content (AvgIpc) is 2.57. The quantitative estimate of drug-likeness (QED) is 0.747. The summed E-state index contributed by atoms with van der Waals surface area (Å²) in [5.74, 6) is 0. The van der Waals surface area contributed by atoms with Crippen molar-refractivity contribution < 1.29 is 4.74 Å². The standard InChI is InChI=1S/C11H21N3O.ClH/c1-10(2)15-8-4-6-12-9-11-5-7-14(3)13-11;/h5,7,10,12H,4,6,8-9H2,1-3H3;1H. The van der Waals surface area contributed by atoms with Crippen molar-refractivity contribution in [3.8, 4) is 0 Å². The molecular weight excluding hydrogens is 226 g/mol. The van der Waals surface area contributed by atoms with Gasteiger partial charge in [-0.05, 0) is 32.9 Å². The van der Waals surface area contributed by atoms with E-state index in [1.807, 2.05) is 24.0 Å². The molecule has 0 spiro atoms. The molecule has 0 aliphatic carbocycles. The number of rotatable bonds is 7. The number of hydrogen-bond acceptors (Lipinski definition) is 3. The molecule has 1 aromatic heterocycles. The predicted octanol–water partition coefficient (Wildman–Crippen LogP) is 1.75. The Hall–Kier alpha value is -0.580. The molecule has 0 amide bonds. The van der Waals surface area contributed by atoms with Crippen molar-refractivity contribution in [2.75, 3.05) is 13.2 Å². The molecule has 0 unspecified atom stereocenters. The van der Waals surface area contributed by atoms with E-state index in [9.17, 15) is 0 Å². The second kappa shape index (κ2) is 8.56. The Morgan fingerprint density at radius 3 is 2.81 bits per heavy atom. The second-order valence-corrected chi connectivity index (χ2v) is 3.93. The first kappa shape index (κ1) is 15.4. The molecule has 16 heavy (non-hydrogen) atoms. The molecule has 0 radical (unpaired) electrons. The van der Waals surface area contributed by atoms with Crippen LogP contribution in [-0.2, 0) is 18.3 Å². The van der Waals surface area contributed by atoms with E-state index < -0.39 is 0 Å². The van der Waals surface area contributed by atoms with Crippen LogP contribution < -0.4 is 5.32 Å². The van der Waals surface area contributed by atoms with E-state index in [-0.39, 0.29) is 12.4 Å². The van der Waals surface area contributed by atoms with Crippen LogP contribution >= 0.6 is 12.4 Å². The zero-order chi connectivity index (χ0) is 11.1. The summed E-state index contributed by atoms with van der Waals surface area (Å²) in [6, 6.07) is 2.03. The van der Waals surface area contributed by atoms with Gasteiger partial charge in [0.25, 0.3) is 0 Å². The summed E-state index contributed by atoms with van der Waals surface area (Å²) in [4.78, 5) is 0. The third-order valence-corrected chi connectivity index (χ3v) is 2.02. The van der Waals surface area contributed by atoms with E-state index in [1.54, 1.807) is 0 Å². The molecule has 0 aliphatic rings. The number of ether oxygens (including phenoxy) is 1. The average molecular weight is 248 g/mol. The summed E-state index contributed by atoms with van der Waals surface area (Å²) in [6.07, 6.45) is 3.34. The molecule has 1 aromatic rings. The van der Waals surface area contributed by atoms with Crippen LogP contribution in [0.3, 0.4) is 0 Å². The number of halogens is 1. The lowest BCUT2D eigenvalue weighted by atomic mass is 10.4. The Balaban J connectivity index is 0.00000225. The van der Waals surface area contributed by atoms with Gasteiger partial charge in [-0.3, -0.25) is 4.68 Å². The van der Waals surface area contributed by atoms with Gasteiger partial charge in [0.05, 0.1) is 11.8 Å². The lowest BCUT2D eigenvalue weighted by molar-refractivity contribution is 0.0770. The van der Waals surface area contributed by atoms with Gasteiger partial charge in [0, 0.05) is 26.4 Å². The summed E-state index contributed by atoms with van der Waals surface area (Å²) < 4.78 is 7.26. The number of aryl methyl sites for hydroxylation is 1. The first-order chi connectivity index (χ1) is 7.18. The summed E-state index contributed by atoms with van der Waals surface area (Å²) in [5, 5.41) is 7.61. The Morgan fingerprint density at radius 2 is 2.25 bits per heavy atom. The zero-order valence-electron chi connectivity index (χ0n) is 10.3. The van der Waals surface area contributed by atoms with Crippen molar-refractivity contribution in [2.24, 2.45) is 7.05 Å². The van der Waals surface area contributed by atoms with E-state index in [0.29, 0.717) is 6.10 Å². The lowest BCUT2D eigenvalue weighted by Gasteiger charge is -2.07. The summed E-state index contributed by atoms with van der Waals surface area (Å²) in [6.45, 7) is 6.75. The minimum Gasteiger partial charge on any atom is -0.379 e. The highest BCUT2D eigenvalue weighted by atomic mass is 35.5. The fraction of sp³-hybridized carbons (Fsp3) is 0.727. The van der Waals surface area contributed by atoms with Gasteiger partial charge in [0.15, 0.2) is 0 Å². The fourth-order valence-corrected chi connectivity index (χ4v) is 1.29. The van der Waals surface area contributed by atoms with Crippen LogP contribution in [0.5, 0.6) is 0 Å². The third kappa shape index (κ3) is 6.82. The third-order valence-electron chi connectivity index (χ3n) is 2.02. The van der Waals surface area contributed by atoms with E-state index in [4.69, 9.17) is 4.74 Å². The summed E-state index contributed by atoms with van der Waals surface area (Å²) >= 11 is 0. The molecule has 5 heteroatoms. The van der Waals surface area contributed by atoms with Gasteiger partial charge in [0.1, 0.15) is 0 Å². The molecule has 0 fully saturated rings. The first-order valence-electron chi connectivity index (χ1n) is 5.49. The second-order valence-electron chi connectivity index (χ2n) is 3.93. The highest BCUT2D eigenvalue weighted by Crippen LogP contribution is 1.93. The van der Waals surface area contributed by atoms with Gasteiger partial charge in [0.2, 0.25) is 0 Å². The monoisotopic (exact) mass is 247 g/mol. The van der Waals surface area contributed by atoms with Crippen molar-refractivity contribution in [2.45, 2.75) is 32.9 Å². The summed E-state index contributed by atoms with van der Waals surface area (Å²) in [5.41, 5.74) is 1.09. The minimum absolute atomic E-state index is 0. The molecule has 0 saturated carbocycles. The van der Waals surface area contributed by atoms with Crippen LogP contribution in [0, 0.1) is 0 Å². The molecule has 94 valence electrons. The summed E-state index contributed by atoms with van der Waals surface area (Å²) in [7, 11) is 1.93. The zero-order valence-corrected chi connectivity index (χ0v) is 11.1. The van der Waals surface area contributed by atoms with Gasteiger partial charge in [-0.1, -0.05) is 0 Å². The van der Waals surface area contributed by atoms with Crippen LogP contribution in [0.1, 0.15) is 26.0 Å². The number of nitrogens with one attached hydrogen (secondary N) is 1. The molecule has 0 atom stereocenters. The topological polar surface area (TPSA) is 39.1 Å². The SMILES string of the molecule is CC(C)OCCCNCc1ccn(C)n1.Cl. The van der Waals surface area contributed by atoms with Crippen LogP contribution in [0.2, 0.25) is 0 Å².